The molecule has 0 radical (unpaired) electrons. The van der Waals surface area contributed by atoms with Gasteiger partial charge in [0.15, 0.2) is 24.5 Å². The van der Waals surface area contributed by atoms with Gasteiger partial charge in [0, 0.05) is 23.0 Å². The number of nitrogens with zero attached hydrogens (tertiary/aromatic N) is 3. The van der Waals surface area contributed by atoms with Crippen LogP contribution in [0.1, 0.15) is 51.7 Å². The van der Waals surface area contributed by atoms with E-state index in [-0.39, 0.29) is 12.9 Å². The lowest BCUT2D eigenvalue weighted by molar-refractivity contribution is -0.226. The Hall–Kier alpha value is -0.630. The Bertz CT molecular complexity index is 967. The van der Waals surface area contributed by atoms with Gasteiger partial charge in [-0.2, -0.15) is 0 Å². The third-order valence-corrected chi connectivity index (χ3v) is 7.58. The maximum atomic E-state index is 16.5. The monoisotopic (exact) mass is 595 g/mol. The van der Waals surface area contributed by atoms with Crippen molar-refractivity contribution in [2.75, 3.05) is 19.8 Å². The molecule has 11 heteroatoms. The molecule has 3 aliphatic rings. The minimum absolute atomic E-state index is 0.157. The molecule has 0 aliphatic carbocycles. The normalized spacial score (nSPS) is 35.3. The molecule has 182 valence electrons. The third-order valence-electron chi connectivity index (χ3n) is 6.47. The molecule has 8 nitrogen and oxygen atoms in total. The van der Waals surface area contributed by atoms with Gasteiger partial charge in [-0.05, 0) is 68.0 Å². The molecule has 0 saturated carbocycles. The van der Waals surface area contributed by atoms with Gasteiger partial charge in [0.2, 0.25) is 0 Å². The molecule has 2 aromatic heterocycles. The van der Waals surface area contributed by atoms with Gasteiger partial charge in [0.25, 0.3) is 0 Å². The minimum Gasteiger partial charge on any atom is -0.353 e. The van der Waals surface area contributed by atoms with E-state index in [1.165, 1.54) is 13.3 Å². The second kappa shape index (κ2) is 10.2. The van der Waals surface area contributed by atoms with Crippen LogP contribution in [0.15, 0.2) is 12.5 Å². The van der Waals surface area contributed by atoms with Gasteiger partial charge in [-0.25, -0.2) is 14.4 Å². The summed E-state index contributed by atoms with van der Waals surface area (Å²) in [6, 6.07) is 0. The number of aromatic nitrogens is 3. The van der Waals surface area contributed by atoms with Crippen molar-refractivity contribution in [3.63, 3.8) is 0 Å². The van der Waals surface area contributed by atoms with Gasteiger partial charge in [-0.3, -0.25) is 0 Å². The second-order valence-corrected chi connectivity index (χ2v) is 10.4. The molecule has 33 heavy (non-hydrogen) atoms. The highest BCUT2D eigenvalue weighted by atomic mass is 127. The average Bonchev–Trinajstić information content (AvgIpc) is 3.28. The van der Waals surface area contributed by atoms with Crippen molar-refractivity contribution in [2.45, 2.75) is 82.1 Å². The predicted molar refractivity (Wildman–Crippen MR) is 127 cm³/mol. The van der Waals surface area contributed by atoms with Crippen molar-refractivity contribution in [1.82, 2.24) is 14.5 Å². The third kappa shape index (κ3) is 4.89. The summed E-state index contributed by atoms with van der Waals surface area (Å²) in [5.41, 5.74) is -1.37. The molecule has 0 bridgehead atoms. The maximum Gasteiger partial charge on any atom is 0.181 e. The summed E-state index contributed by atoms with van der Waals surface area (Å²) in [5, 5.41) is 0.988. The van der Waals surface area contributed by atoms with E-state index in [0.717, 1.165) is 42.1 Å². The van der Waals surface area contributed by atoms with Crippen LogP contribution < -0.4 is 0 Å². The van der Waals surface area contributed by atoms with Crippen LogP contribution >= 0.6 is 34.2 Å². The molecule has 5 heterocycles. The Morgan fingerprint density at radius 3 is 2.61 bits per heavy atom. The zero-order valence-electron chi connectivity index (χ0n) is 18.4. The zero-order valence-corrected chi connectivity index (χ0v) is 21.3. The second-order valence-electron chi connectivity index (χ2n) is 8.91. The summed E-state index contributed by atoms with van der Waals surface area (Å²) in [6.45, 7) is 2.94. The van der Waals surface area contributed by atoms with E-state index in [1.807, 2.05) is 0 Å². The van der Waals surface area contributed by atoms with Crippen LogP contribution in [0.5, 0.6) is 0 Å². The lowest BCUT2D eigenvalue weighted by atomic mass is 9.98. The van der Waals surface area contributed by atoms with Gasteiger partial charge >= 0.3 is 0 Å². The Morgan fingerprint density at radius 2 is 1.91 bits per heavy atom. The predicted octanol–water partition coefficient (Wildman–Crippen LogP) is 4.77. The van der Waals surface area contributed by atoms with Crippen molar-refractivity contribution in [2.24, 2.45) is 0 Å². The van der Waals surface area contributed by atoms with Crippen molar-refractivity contribution >= 4 is 45.2 Å². The first-order valence-electron chi connectivity index (χ1n) is 11.5. The average molecular weight is 596 g/mol. The summed E-state index contributed by atoms with van der Waals surface area (Å²) in [5.74, 6) is 0. The van der Waals surface area contributed by atoms with Gasteiger partial charge in [-0.1, -0.05) is 11.6 Å². The number of hydrogen-bond acceptors (Lipinski definition) is 7. The van der Waals surface area contributed by atoms with E-state index in [2.05, 4.69) is 32.6 Å². The van der Waals surface area contributed by atoms with Crippen LogP contribution in [-0.2, 0) is 23.7 Å². The first-order valence-corrected chi connectivity index (χ1v) is 12.9. The highest BCUT2D eigenvalue weighted by Gasteiger charge is 2.57. The number of fused-ring (bicyclic) bond motifs is 1. The van der Waals surface area contributed by atoms with Gasteiger partial charge in [0.05, 0.1) is 12.0 Å². The molecule has 2 aromatic rings. The summed E-state index contributed by atoms with van der Waals surface area (Å²) in [7, 11) is 0. The molecule has 5 rings (SSSR count). The Balaban J connectivity index is 1.43. The first kappa shape index (κ1) is 24.1. The smallest absolute Gasteiger partial charge is 0.181 e. The summed E-state index contributed by atoms with van der Waals surface area (Å²) < 4.78 is 48.9. The van der Waals surface area contributed by atoms with E-state index in [0.29, 0.717) is 29.4 Å². The fourth-order valence-electron chi connectivity index (χ4n) is 4.77. The highest BCUT2D eigenvalue weighted by molar-refractivity contribution is 14.1. The van der Waals surface area contributed by atoms with Gasteiger partial charge in [-0.15, -0.1) is 0 Å². The molecular formula is C22H28ClFIN3O5. The Kier molecular flexibility index (Phi) is 7.41. The molecule has 0 aromatic carbocycles. The SMILES string of the molecule is C[C@@]1(F)[C@H](OC2CCCCO2)[C@@H](COC2CCCCO2)O[C@H]1n1cc(I)c2c(Cl)ncnc21. The standard InChI is InChI=1S/C22H28ClFIN3O5/c1-22(24)18(33-16-7-3-5-9-30-16)14(11-31-15-6-2-4-8-29-15)32-21(22)28-10-13(25)17-19(23)26-12-27-20(17)28/h10,12,14-16,18,21H,2-9,11H2,1H3/t14-,15?,16?,18-,21-,22-/m1/s1. The van der Waals surface area contributed by atoms with E-state index in [1.54, 1.807) is 10.8 Å². The molecule has 0 N–H and O–H groups in total. The lowest BCUT2D eigenvalue weighted by Crippen LogP contribution is -2.46. The maximum absolute atomic E-state index is 16.5. The fraction of sp³-hybridized carbons (Fsp3) is 0.727. The zero-order chi connectivity index (χ0) is 23.0. The van der Waals surface area contributed by atoms with Gasteiger partial charge < -0.3 is 28.3 Å². The molecule has 0 spiro atoms. The minimum atomic E-state index is -1.88. The van der Waals surface area contributed by atoms with Crippen LogP contribution in [0.3, 0.4) is 0 Å². The van der Waals surface area contributed by atoms with Gasteiger partial charge in [0.1, 0.15) is 29.3 Å². The number of hydrogen-bond donors (Lipinski definition) is 0. The molecule has 3 aliphatic heterocycles. The fourth-order valence-corrected chi connectivity index (χ4v) is 5.96. The van der Waals surface area contributed by atoms with Crippen LogP contribution in [0, 0.1) is 3.57 Å². The van der Waals surface area contributed by atoms with Crippen LogP contribution in [-0.4, -0.2) is 64.8 Å². The quantitative estimate of drug-likeness (QED) is 0.352. The number of ether oxygens (including phenoxy) is 5. The van der Waals surface area contributed by atoms with Crippen LogP contribution in [0.25, 0.3) is 11.0 Å². The Labute approximate surface area is 210 Å². The van der Waals surface area contributed by atoms with Crippen LogP contribution in [0.4, 0.5) is 4.39 Å². The van der Waals surface area contributed by atoms with Crippen molar-refractivity contribution in [3.8, 4) is 0 Å². The molecule has 6 atom stereocenters. The molecule has 3 saturated heterocycles. The summed E-state index contributed by atoms with van der Waals surface area (Å²) in [6.07, 6.45) is 5.45. The lowest BCUT2D eigenvalue weighted by Gasteiger charge is -2.33. The van der Waals surface area contributed by atoms with Crippen LogP contribution in [0.2, 0.25) is 5.15 Å². The van der Waals surface area contributed by atoms with Crippen molar-refractivity contribution < 1.29 is 28.1 Å². The molecule has 3 fully saturated rings. The van der Waals surface area contributed by atoms with E-state index < -0.39 is 30.4 Å². The highest BCUT2D eigenvalue weighted by Crippen LogP contribution is 2.46. The summed E-state index contributed by atoms with van der Waals surface area (Å²) in [4.78, 5) is 8.42. The van der Waals surface area contributed by atoms with E-state index >= 15 is 4.39 Å². The largest absolute Gasteiger partial charge is 0.353 e. The van der Waals surface area contributed by atoms with E-state index in [9.17, 15) is 0 Å². The number of alkyl halides is 1. The summed E-state index contributed by atoms with van der Waals surface area (Å²) >= 11 is 8.44. The molecular weight excluding hydrogens is 568 g/mol. The molecule has 0 amide bonds. The van der Waals surface area contributed by atoms with E-state index in [4.69, 9.17) is 35.3 Å². The topological polar surface area (TPSA) is 76.9 Å². The number of rotatable bonds is 6. The first-order chi connectivity index (χ1) is 15.9. The molecule has 2 unspecified atom stereocenters. The number of halogens is 3. The van der Waals surface area contributed by atoms with Crippen molar-refractivity contribution in [3.05, 3.63) is 21.2 Å². The van der Waals surface area contributed by atoms with Crippen molar-refractivity contribution in [1.29, 1.82) is 0 Å². The Morgan fingerprint density at radius 1 is 1.18 bits per heavy atom.